The largest absolute Gasteiger partial charge is 0.465 e. The van der Waals surface area contributed by atoms with Gasteiger partial charge in [0.15, 0.2) is 0 Å². The molecule has 0 rings (SSSR count). The highest BCUT2D eigenvalue weighted by molar-refractivity contribution is 5.69. The summed E-state index contributed by atoms with van der Waals surface area (Å²) in [5.41, 5.74) is 0.0775. The Morgan fingerprint density at radius 3 is 1.79 bits per heavy atom. The van der Waals surface area contributed by atoms with Crippen LogP contribution < -0.4 is 0 Å². The maximum absolute atomic E-state index is 11.5. The van der Waals surface area contributed by atoms with Crippen molar-refractivity contribution in [1.82, 2.24) is 0 Å². The van der Waals surface area contributed by atoms with Crippen LogP contribution in [0.25, 0.3) is 0 Å². The van der Waals surface area contributed by atoms with Crippen LogP contribution in [0.2, 0.25) is 0 Å². The van der Waals surface area contributed by atoms with Gasteiger partial charge in [0.2, 0.25) is 0 Å². The molecule has 114 valence electrons. The molecule has 2 nitrogen and oxygen atoms in total. The molecule has 0 atom stereocenters. The van der Waals surface area contributed by atoms with E-state index in [4.69, 9.17) is 4.74 Å². The van der Waals surface area contributed by atoms with Crippen LogP contribution in [0.3, 0.4) is 0 Å². The fourth-order valence-corrected chi connectivity index (χ4v) is 1.95. The smallest absolute Gasteiger partial charge is 0.305 e. The lowest BCUT2D eigenvalue weighted by Crippen LogP contribution is -2.18. The quantitative estimate of drug-likeness (QED) is 0.366. The predicted octanol–water partition coefficient (Wildman–Crippen LogP) is 5.50. The molecule has 0 radical (unpaired) electrons. The molecule has 0 amide bonds. The first-order valence-electron chi connectivity index (χ1n) is 8.11. The third kappa shape index (κ3) is 15.4. The van der Waals surface area contributed by atoms with Gasteiger partial charge in [-0.3, -0.25) is 4.79 Å². The zero-order valence-corrected chi connectivity index (χ0v) is 13.6. The van der Waals surface area contributed by atoms with Gasteiger partial charge < -0.3 is 4.74 Å². The zero-order chi connectivity index (χ0) is 14.6. The van der Waals surface area contributed by atoms with E-state index in [9.17, 15) is 4.79 Å². The van der Waals surface area contributed by atoms with Gasteiger partial charge in [-0.25, -0.2) is 0 Å². The maximum atomic E-state index is 11.5. The van der Waals surface area contributed by atoms with Crippen molar-refractivity contribution in [3.8, 4) is 0 Å². The van der Waals surface area contributed by atoms with Crippen molar-refractivity contribution in [1.29, 1.82) is 0 Å². The summed E-state index contributed by atoms with van der Waals surface area (Å²) in [7, 11) is 0. The second-order valence-electron chi connectivity index (χ2n) is 6.80. The summed E-state index contributed by atoms with van der Waals surface area (Å²) in [6.07, 6.45) is 12.1. The van der Waals surface area contributed by atoms with Crippen molar-refractivity contribution < 1.29 is 9.53 Å². The van der Waals surface area contributed by atoms with Crippen molar-refractivity contribution in [3.63, 3.8) is 0 Å². The van der Waals surface area contributed by atoms with Crippen LogP contribution in [0.5, 0.6) is 0 Å². The first-order chi connectivity index (χ1) is 8.95. The summed E-state index contributed by atoms with van der Waals surface area (Å²) in [5, 5.41) is 0. The molecule has 0 aromatic carbocycles. The third-order valence-electron chi connectivity index (χ3n) is 3.15. The Labute approximate surface area is 120 Å². The van der Waals surface area contributed by atoms with Crippen molar-refractivity contribution in [3.05, 3.63) is 0 Å². The van der Waals surface area contributed by atoms with Crippen LogP contribution in [0.15, 0.2) is 0 Å². The van der Waals surface area contributed by atoms with Gasteiger partial charge in [0.05, 0.1) is 6.61 Å². The SMILES string of the molecule is CCCCCCCCCCCC(=O)OCC(C)(C)C. The van der Waals surface area contributed by atoms with E-state index in [-0.39, 0.29) is 11.4 Å². The first-order valence-corrected chi connectivity index (χ1v) is 8.11. The average Bonchev–Trinajstić information content (AvgIpc) is 2.33. The highest BCUT2D eigenvalue weighted by Crippen LogP contribution is 2.14. The molecule has 0 heterocycles. The van der Waals surface area contributed by atoms with Gasteiger partial charge >= 0.3 is 5.97 Å². The van der Waals surface area contributed by atoms with E-state index in [1.807, 2.05) is 0 Å². The van der Waals surface area contributed by atoms with E-state index < -0.39 is 0 Å². The molecular formula is C17H34O2. The van der Waals surface area contributed by atoms with Crippen molar-refractivity contribution in [2.75, 3.05) is 6.61 Å². The van der Waals surface area contributed by atoms with Gasteiger partial charge in [-0.05, 0) is 11.8 Å². The molecule has 0 aromatic rings. The lowest BCUT2D eigenvalue weighted by Gasteiger charge is -2.17. The monoisotopic (exact) mass is 270 g/mol. The van der Waals surface area contributed by atoms with Gasteiger partial charge in [0.25, 0.3) is 0 Å². The van der Waals surface area contributed by atoms with Crippen LogP contribution >= 0.6 is 0 Å². The molecule has 2 heteroatoms. The zero-order valence-electron chi connectivity index (χ0n) is 13.6. The summed E-state index contributed by atoms with van der Waals surface area (Å²) in [4.78, 5) is 11.5. The Kier molecular flexibility index (Phi) is 11.0. The van der Waals surface area contributed by atoms with Crippen LogP contribution in [-0.4, -0.2) is 12.6 Å². The fraction of sp³-hybridized carbons (Fsp3) is 0.941. The van der Waals surface area contributed by atoms with Gasteiger partial charge in [0.1, 0.15) is 0 Å². The molecular weight excluding hydrogens is 236 g/mol. The second kappa shape index (κ2) is 11.3. The van der Waals surface area contributed by atoms with E-state index in [2.05, 4.69) is 27.7 Å². The highest BCUT2D eigenvalue weighted by Gasteiger charge is 2.13. The summed E-state index contributed by atoms with van der Waals surface area (Å²) >= 11 is 0. The Bertz CT molecular complexity index is 216. The number of hydrogen-bond acceptors (Lipinski definition) is 2. The Balaban J connectivity index is 3.23. The number of unbranched alkanes of at least 4 members (excludes halogenated alkanes) is 8. The minimum absolute atomic E-state index is 0.0297. The third-order valence-corrected chi connectivity index (χ3v) is 3.15. The summed E-state index contributed by atoms with van der Waals surface area (Å²) in [6.45, 7) is 9.03. The number of esters is 1. The molecule has 0 saturated heterocycles. The van der Waals surface area contributed by atoms with Crippen molar-refractivity contribution in [2.24, 2.45) is 5.41 Å². The lowest BCUT2D eigenvalue weighted by molar-refractivity contribution is -0.146. The lowest BCUT2D eigenvalue weighted by atomic mass is 9.99. The predicted molar refractivity (Wildman–Crippen MR) is 82.3 cm³/mol. The Morgan fingerprint density at radius 2 is 1.32 bits per heavy atom. The molecule has 0 unspecified atom stereocenters. The van der Waals surface area contributed by atoms with Gasteiger partial charge in [-0.1, -0.05) is 79.1 Å². The number of carbonyl (C=O) groups excluding carboxylic acids is 1. The maximum Gasteiger partial charge on any atom is 0.305 e. The van der Waals surface area contributed by atoms with Crippen LogP contribution in [-0.2, 0) is 9.53 Å². The van der Waals surface area contributed by atoms with Crippen molar-refractivity contribution in [2.45, 2.75) is 91.9 Å². The standard InChI is InChI=1S/C17H34O2/c1-5-6-7-8-9-10-11-12-13-14-16(18)19-15-17(2,3)4/h5-15H2,1-4H3. The summed E-state index contributed by atoms with van der Waals surface area (Å²) in [5.74, 6) is -0.0297. The Hall–Kier alpha value is -0.530. The van der Waals surface area contributed by atoms with E-state index in [1.165, 1.54) is 51.4 Å². The van der Waals surface area contributed by atoms with Crippen LogP contribution in [0.4, 0.5) is 0 Å². The van der Waals surface area contributed by atoms with Gasteiger partial charge in [-0.2, -0.15) is 0 Å². The topological polar surface area (TPSA) is 26.3 Å². The van der Waals surface area contributed by atoms with E-state index in [0.29, 0.717) is 13.0 Å². The molecule has 0 spiro atoms. The molecule has 19 heavy (non-hydrogen) atoms. The molecule has 0 bridgehead atoms. The van der Waals surface area contributed by atoms with E-state index >= 15 is 0 Å². The molecule has 0 N–H and O–H groups in total. The minimum Gasteiger partial charge on any atom is -0.465 e. The van der Waals surface area contributed by atoms with Gasteiger partial charge in [-0.15, -0.1) is 0 Å². The van der Waals surface area contributed by atoms with E-state index in [0.717, 1.165) is 6.42 Å². The number of carbonyl (C=O) groups is 1. The summed E-state index contributed by atoms with van der Waals surface area (Å²) in [6, 6.07) is 0. The average molecular weight is 270 g/mol. The number of ether oxygens (including phenoxy) is 1. The van der Waals surface area contributed by atoms with E-state index in [1.54, 1.807) is 0 Å². The van der Waals surface area contributed by atoms with Crippen LogP contribution in [0, 0.1) is 5.41 Å². The minimum atomic E-state index is -0.0297. The Morgan fingerprint density at radius 1 is 0.842 bits per heavy atom. The second-order valence-corrected chi connectivity index (χ2v) is 6.80. The van der Waals surface area contributed by atoms with Gasteiger partial charge in [0, 0.05) is 6.42 Å². The summed E-state index contributed by atoms with van der Waals surface area (Å²) < 4.78 is 5.24. The van der Waals surface area contributed by atoms with Crippen LogP contribution in [0.1, 0.15) is 91.9 Å². The normalized spacial score (nSPS) is 11.6. The number of rotatable bonds is 11. The van der Waals surface area contributed by atoms with Crippen molar-refractivity contribution >= 4 is 5.97 Å². The molecule has 0 aliphatic heterocycles. The first kappa shape index (κ1) is 18.5. The molecule has 0 saturated carbocycles. The molecule has 0 aliphatic rings. The molecule has 0 fully saturated rings. The highest BCUT2D eigenvalue weighted by atomic mass is 16.5. The molecule has 0 aliphatic carbocycles. The fourth-order valence-electron chi connectivity index (χ4n) is 1.95. The number of hydrogen-bond donors (Lipinski definition) is 0. The molecule has 0 aromatic heterocycles.